The number of alkyl halides is 2. The van der Waals surface area contributed by atoms with Crippen LogP contribution in [-0.4, -0.2) is 32.8 Å². The molecule has 0 aliphatic rings. The molecule has 0 aromatic heterocycles. The maximum absolute atomic E-state index is 12.8. The second-order valence-corrected chi connectivity index (χ2v) is 8.88. The molecule has 0 fully saturated rings. The van der Waals surface area contributed by atoms with E-state index in [1.54, 1.807) is 19.1 Å². The van der Waals surface area contributed by atoms with Crippen LogP contribution in [0.15, 0.2) is 76.7 Å². The number of anilines is 2. The van der Waals surface area contributed by atoms with E-state index >= 15 is 0 Å². The Balaban J connectivity index is 1.83. The standard InChI is InChI=1S/C23H22F2N4O6S/c1-3-20(15-4-8-18(9-5-15)35-23(24)25)26-27-21-13-12-19(14-22(21)29(30)31)36(32,33)28-16-6-10-17(34-2)11-7-16/h4-14,23,27-28H,3H2,1-2H3. The van der Waals surface area contributed by atoms with E-state index in [0.29, 0.717) is 23.4 Å². The van der Waals surface area contributed by atoms with Crippen molar-refractivity contribution in [3.8, 4) is 11.5 Å². The fourth-order valence-corrected chi connectivity index (χ4v) is 4.18. The highest BCUT2D eigenvalue weighted by Crippen LogP contribution is 2.29. The second-order valence-electron chi connectivity index (χ2n) is 7.20. The van der Waals surface area contributed by atoms with Gasteiger partial charge < -0.3 is 9.47 Å². The number of nitrogens with zero attached hydrogens (tertiary/aromatic N) is 2. The maximum atomic E-state index is 12.8. The minimum atomic E-state index is -4.12. The highest BCUT2D eigenvalue weighted by molar-refractivity contribution is 7.92. The second kappa shape index (κ2) is 11.4. The SMILES string of the molecule is CCC(=NNc1ccc(S(=O)(=O)Nc2ccc(OC)cc2)cc1[N+](=O)[O-])c1ccc(OC(F)F)cc1. The van der Waals surface area contributed by atoms with Crippen LogP contribution < -0.4 is 19.6 Å². The minimum absolute atomic E-state index is 0.0205. The first-order valence-corrected chi connectivity index (χ1v) is 11.9. The molecule has 0 unspecified atom stereocenters. The van der Waals surface area contributed by atoms with Gasteiger partial charge in [-0.15, -0.1) is 0 Å². The normalized spacial score (nSPS) is 11.8. The van der Waals surface area contributed by atoms with Crippen molar-refractivity contribution in [2.24, 2.45) is 5.10 Å². The summed E-state index contributed by atoms with van der Waals surface area (Å²) in [7, 11) is -2.65. The molecule has 3 aromatic rings. The number of nitrogens with one attached hydrogen (secondary N) is 2. The number of hydrazone groups is 1. The van der Waals surface area contributed by atoms with Gasteiger partial charge in [0.2, 0.25) is 0 Å². The van der Waals surface area contributed by atoms with Crippen molar-refractivity contribution in [3.63, 3.8) is 0 Å². The minimum Gasteiger partial charge on any atom is -0.497 e. The molecule has 36 heavy (non-hydrogen) atoms. The van der Waals surface area contributed by atoms with Crippen molar-refractivity contribution in [3.05, 3.63) is 82.4 Å². The number of benzene rings is 3. The zero-order valence-corrected chi connectivity index (χ0v) is 20.0. The Morgan fingerprint density at radius 1 is 1.06 bits per heavy atom. The van der Waals surface area contributed by atoms with Crippen LogP contribution in [0, 0.1) is 10.1 Å². The third-order valence-electron chi connectivity index (χ3n) is 4.88. The molecular formula is C23H22F2N4O6S. The number of methoxy groups -OCH3 is 1. The number of hydrogen-bond acceptors (Lipinski definition) is 8. The molecule has 0 aliphatic carbocycles. The Bertz CT molecular complexity index is 1350. The Kier molecular flexibility index (Phi) is 8.38. The van der Waals surface area contributed by atoms with Crippen molar-refractivity contribution in [2.45, 2.75) is 24.9 Å². The lowest BCUT2D eigenvalue weighted by Crippen LogP contribution is -2.13. The fourth-order valence-electron chi connectivity index (χ4n) is 3.10. The summed E-state index contributed by atoms with van der Waals surface area (Å²) in [5.41, 5.74) is 3.37. The summed E-state index contributed by atoms with van der Waals surface area (Å²) in [6, 6.07) is 15.2. The lowest BCUT2D eigenvalue weighted by molar-refractivity contribution is -0.384. The van der Waals surface area contributed by atoms with Crippen molar-refractivity contribution in [1.82, 2.24) is 0 Å². The van der Waals surface area contributed by atoms with Gasteiger partial charge in [-0.3, -0.25) is 20.3 Å². The molecule has 0 amide bonds. The van der Waals surface area contributed by atoms with Gasteiger partial charge >= 0.3 is 6.61 Å². The van der Waals surface area contributed by atoms with Gasteiger partial charge in [0.15, 0.2) is 0 Å². The lowest BCUT2D eigenvalue weighted by Gasteiger charge is -2.11. The summed E-state index contributed by atoms with van der Waals surface area (Å²) < 4.78 is 61.9. The van der Waals surface area contributed by atoms with Gasteiger partial charge in [-0.05, 0) is 72.6 Å². The average molecular weight is 521 g/mol. The first kappa shape index (κ1) is 26.3. The third-order valence-corrected chi connectivity index (χ3v) is 6.26. The van der Waals surface area contributed by atoms with E-state index in [-0.39, 0.29) is 22.0 Å². The Morgan fingerprint density at radius 3 is 2.25 bits per heavy atom. The largest absolute Gasteiger partial charge is 0.497 e. The summed E-state index contributed by atoms with van der Waals surface area (Å²) in [6.07, 6.45) is 0.411. The van der Waals surface area contributed by atoms with Crippen LogP contribution in [0.4, 0.5) is 25.8 Å². The maximum Gasteiger partial charge on any atom is 0.387 e. The van der Waals surface area contributed by atoms with Crippen LogP contribution in [0.5, 0.6) is 11.5 Å². The van der Waals surface area contributed by atoms with Gasteiger partial charge in [-0.25, -0.2) is 8.42 Å². The van der Waals surface area contributed by atoms with E-state index in [1.807, 2.05) is 0 Å². The molecule has 3 rings (SSSR count). The molecule has 0 atom stereocenters. The molecule has 0 radical (unpaired) electrons. The van der Waals surface area contributed by atoms with Crippen LogP contribution in [0.1, 0.15) is 18.9 Å². The van der Waals surface area contributed by atoms with Crippen LogP contribution in [0.25, 0.3) is 0 Å². The molecule has 0 heterocycles. The van der Waals surface area contributed by atoms with E-state index < -0.39 is 27.2 Å². The number of sulfonamides is 1. The van der Waals surface area contributed by atoms with Crippen LogP contribution >= 0.6 is 0 Å². The number of ether oxygens (including phenoxy) is 2. The van der Waals surface area contributed by atoms with E-state index in [4.69, 9.17) is 4.74 Å². The zero-order chi connectivity index (χ0) is 26.3. The van der Waals surface area contributed by atoms with E-state index in [2.05, 4.69) is 20.0 Å². The quantitative estimate of drug-likeness (QED) is 0.201. The first-order chi connectivity index (χ1) is 17.1. The van der Waals surface area contributed by atoms with E-state index in [0.717, 1.165) is 6.07 Å². The topological polar surface area (TPSA) is 132 Å². The lowest BCUT2D eigenvalue weighted by atomic mass is 10.1. The predicted molar refractivity (Wildman–Crippen MR) is 130 cm³/mol. The van der Waals surface area contributed by atoms with Crippen molar-refractivity contribution in [2.75, 3.05) is 17.3 Å². The molecule has 2 N–H and O–H groups in total. The summed E-state index contributed by atoms with van der Waals surface area (Å²) in [5, 5.41) is 15.8. The van der Waals surface area contributed by atoms with Gasteiger partial charge in [-0.1, -0.05) is 6.92 Å². The molecule has 190 valence electrons. The summed E-state index contributed by atoms with van der Waals surface area (Å²) >= 11 is 0. The molecule has 10 nitrogen and oxygen atoms in total. The fraction of sp³-hybridized carbons (Fsp3) is 0.174. The molecule has 0 saturated carbocycles. The van der Waals surface area contributed by atoms with E-state index in [1.165, 1.54) is 55.6 Å². The number of rotatable bonds is 11. The number of halogens is 2. The average Bonchev–Trinajstić information content (AvgIpc) is 2.85. The monoisotopic (exact) mass is 520 g/mol. The van der Waals surface area contributed by atoms with E-state index in [9.17, 15) is 27.3 Å². The highest BCUT2D eigenvalue weighted by atomic mass is 32.2. The van der Waals surface area contributed by atoms with Crippen molar-refractivity contribution >= 4 is 32.8 Å². The summed E-state index contributed by atoms with van der Waals surface area (Å²) in [6.45, 7) is -1.16. The number of nitro groups is 1. The molecule has 0 aliphatic heterocycles. The Morgan fingerprint density at radius 2 is 1.69 bits per heavy atom. The van der Waals surface area contributed by atoms with Crippen LogP contribution in [0.3, 0.4) is 0 Å². The molecule has 13 heteroatoms. The van der Waals surface area contributed by atoms with Gasteiger partial charge in [-0.2, -0.15) is 13.9 Å². The molecule has 0 saturated heterocycles. The molecular weight excluding hydrogens is 498 g/mol. The summed E-state index contributed by atoms with van der Waals surface area (Å²) in [4.78, 5) is 10.6. The molecule has 0 spiro atoms. The number of nitro benzene ring substituents is 1. The smallest absolute Gasteiger partial charge is 0.387 e. The molecule has 0 bridgehead atoms. The van der Waals surface area contributed by atoms with Crippen LogP contribution in [-0.2, 0) is 10.0 Å². The first-order valence-electron chi connectivity index (χ1n) is 10.5. The summed E-state index contributed by atoms with van der Waals surface area (Å²) in [5.74, 6) is 0.515. The Labute approximate surface area is 205 Å². The predicted octanol–water partition coefficient (Wildman–Crippen LogP) is 5.23. The van der Waals surface area contributed by atoms with Gasteiger partial charge in [0, 0.05) is 11.8 Å². The molecule has 3 aromatic carbocycles. The van der Waals surface area contributed by atoms with Crippen LogP contribution in [0.2, 0.25) is 0 Å². The zero-order valence-electron chi connectivity index (χ0n) is 19.1. The highest BCUT2D eigenvalue weighted by Gasteiger charge is 2.22. The van der Waals surface area contributed by atoms with Gasteiger partial charge in [0.05, 0.1) is 22.6 Å². The van der Waals surface area contributed by atoms with Gasteiger partial charge in [0.1, 0.15) is 17.2 Å². The van der Waals surface area contributed by atoms with Crippen molar-refractivity contribution < 1.29 is 31.6 Å². The number of hydrogen-bond donors (Lipinski definition) is 2. The third kappa shape index (κ3) is 6.66. The van der Waals surface area contributed by atoms with Gasteiger partial charge in [0.25, 0.3) is 15.7 Å². The van der Waals surface area contributed by atoms with Crippen molar-refractivity contribution in [1.29, 1.82) is 0 Å². The Hall–Kier alpha value is -4.26.